The number of urea groups is 1. The largest absolute Gasteiger partial charge is 0.489 e. The third-order valence-corrected chi connectivity index (χ3v) is 3.07. The lowest BCUT2D eigenvalue weighted by Gasteiger charge is -2.33. The average Bonchev–Trinajstić information content (AvgIpc) is 2.45. The number of carbonyl (C=O) groups excluding carboxylic acids is 1. The van der Waals surface area contributed by atoms with Crippen LogP contribution in [-0.4, -0.2) is 60.5 Å². The molecule has 0 fully saturated rings. The molecule has 0 aliphatic carbocycles. The van der Waals surface area contributed by atoms with Gasteiger partial charge in [-0.15, -0.1) is 0 Å². The molecule has 1 heterocycles. The lowest BCUT2D eigenvalue weighted by Crippen LogP contribution is -2.46. The van der Waals surface area contributed by atoms with Crippen molar-refractivity contribution in [3.05, 3.63) is 23.8 Å². The van der Waals surface area contributed by atoms with E-state index >= 15 is 0 Å². The smallest absolute Gasteiger partial charge is 0.339 e. The van der Waals surface area contributed by atoms with Crippen molar-refractivity contribution >= 4 is 17.7 Å². The summed E-state index contributed by atoms with van der Waals surface area (Å²) < 4.78 is 5.39. The van der Waals surface area contributed by atoms with Crippen molar-refractivity contribution in [2.24, 2.45) is 0 Å². The van der Waals surface area contributed by atoms with Gasteiger partial charge in [0.2, 0.25) is 0 Å². The Hall–Kier alpha value is -2.28. The molecule has 0 bridgehead atoms. The maximum absolute atomic E-state index is 12.3. The number of rotatable bonds is 3. The zero-order chi connectivity index (χ0) is 14.7. The highest BCUT2D eigenvalue weighted by atomic mass is 16.5. The summed E-state index contributed by atoms with van der Waals surface area (Å²) in [6, 6.07) is 4.35. The summed E-state index contributed by atoms with van der Waals surface area (Å²) in [6.07, 6.45) is 0. The van der Waals surface area contributed by atoms with Crippen LogP contribution in [0.25, 0.3) is 0 Å². The van der Waals surface area contributed by atoms with Crippen LogP contribution in [0.15, 0.2) is 18.2 Å². The Labute approximate surface area is 116 Å². The Kier molecular flexibility index (Phi) is 4.09. The highest BCUT2D eigenvalue weighted by Crippen LogP contribution is 2.35. The van der Waals surface area contributed by atoms with Crippen LogP contribution in [-0.2, 0) is 0 Å². The maximum atomic E-state index is 12.3. The van der Waals surface area contributed by atoms with Crippen LogP contribution >= 0.6 is 0 Å². The summed E-state index contributed by atoms with van der Waals surface area (Å²) in [5.41, 5.74) is 0.468. The Morgan fingerprint density at radius 2 is 2.20 bits per heavy atom. The van der Waals surface area contributed by atoms with Crippen molar-refractivity contribution in [3.8, 4) is 5.75 Å². The molecule has 7 nitrogen and oxygen atoms in total. The van der Waals surface area contributed by atoms with Gasteiger partial charge in [0.05, 0.1) is 18.8 Å². The van der Waals surface area contributed by atoms with Gasteiger partial charge in [-0.3, -0.25) is 4.90 Å². The molecule has 2 amide bonds. The van der Waals surface area contributed by atoms with Gasteiger partial charge in [0, 0.05) is 13.6 Å². The van der Waals surface area contributed by atoms with E-state index in [1.165, 1.54) is 15.9 Å². The fourth-order valence-corrected chi connectivity index (χ4v) is 2.07. The number of aliphatic hydroxyl groups excluding tert-OH is 1. The van der Waals surface area contributed by atoms with Gasteiger partial charge < -0.3 is 19.8 Å². The topological polar surface area (TPSA) is 90.3 Å². The maximum Gasteiger partial charge on any atom is 0.339 e. The SMILES string of the molecule is CN(CCO)C(=O)N1CCOc2c(C(=O)O)cccc21. The lowest BCUT2D eigenvalue weighted by molar-refractivity contribution is 0.0691. The van der Waals surface area contributed by atoms with E-state index in [-0.39, 0.29) is 37.1 Å². The molecule has 1 aromatic carbocycles. The molecule has 0 aromatic heterocycles. The summed E-state index contributed by atoms with van der Waals surface area (Å²) in [6.45, 7) is 0.652. The predicted octanol–water partition coefficient (Wildman–Crippen LogP) is 0.628. The fraction of sp³-hybridized carbons (Fsp3) is 0.385. The molecule has 2 rings (SSSR count). The third kappa shape index (κ3) is 2.53. The number of likely N-dealkylation sites (N-methyl/N-ethyl adjacent to an activating group) is 1. The summed E-state index contributed by atoms with van der Waals surface area (Å²) in [5.74, 6) is -0.892. The van der Waals surface area contributed by atoms with Crippen molar-refractivity contribution in [1.29, 1.82) is 0 Å². The van der Waals surface area contributed by atoms with Crippen molar-refractivity contribution in [3.63, 3.8) is 0 Å². The van der Waals surface area contributed by atoms with Crippen molar-refractivity contribution in [2.75, 3.05) is 38.3 Å². The first kappa shape index (κ1) is 14.1. The lowest BCUT2D eigenvalue weighted by atomic mass is 10.1. The number of hydrogen-bond acceptors (Lipinski definition) is 4. The quantitative estimate of drug-likeness (QED) is 0.847. The normalized spacial score (nSPS) is 13.4. The number of aliphatic hydroxyl groups is 1. The summed E-state index contributed by atoms with van der Waals surface area (Å²) in [4.78, 5) is 26.3. The van der Waals surface area contributed by atoms with Crippen LogP contribution in [0.4, 0.5) is 10.5 Å². The number of nitrogens with zero attached hydrogens (tertiary/aromatic N) is 2. The van der Waals surface area contributed by atoms with Crippen LogP contribution < -0.4 is 9.64 Å². The van der Waals surface area contributed by atoms with Crippen LogP contribution in [0, 0.1) is 0 Å². The molecule has 7 heteroatoms. The minimum Gasteiger partial charge on any atom is -0.489 e. The minimum absolute atomic E-state index is 0.0322. The number of aromatic carboxylic acids is 1. The zero-order valence-corrected chi connectivity index (χ0v) is 11.1. The molecule has 20 heavy (non-hydrogen) atoms. The van der Waals surface area contributed by atoms with E-state index in [0.717, 1.165) is 0 Å². The van der Waals surface area contributed by atoms with Gasteiger partial charge in [-0.1, -0.05) is 6.07 Å². The molecular formula is C13H16N2O5. The van der Waals surface area contributed by atoms with Crippen LogP contribution in [0.5, 0.6) is 5.75 Å². The van der Waals surface area contributed by atoms with E-state index in [0.29, 0.717) is 12.2 Å². The summed E-state index contributed by atoms with van der Waals surface area (Å²) in [5, 5.41) is 18.0. The number of fused-ring (bicyclic) bond motifs is 1. The van der Waals surface area contributed by atoms with Gasteiger partial charge in [0.25, 0.3) is 0 Å². The molecule has 108 valence electrons. The van der Waals surface area contributed by atoms with Gasteiger partial charge in [0.1, 0.15) is 12.2 Å². The number of hydrogen-bond donors (Lipinski definition) is 2. The molecule has 0 atom stereocenters. The first-order chi connectivity index (χ1) is 9.56. The van der Waals surface area contributed by atoms with Gasteiger partial charge in [0.15, 0.2) is 5.75 Å². The van der Waals surface area contributed by atoms with Crippen LogP contribution in [0.1, 0.15) is 10.4 Å². The highest BCUT2D eigenvalue weighted by molar-refractivity contribution is 5.99. The van der Waals surface area contributed by atoms with E-state index in [2.05, 4.69) is 0 Å². The zero-order valence-electron chi connectivity index (χ0n) is 11.1. The van der Waals surface area contributed by atoms with Crippen molar-refractivity contribution in [1.82, 2.24) is 4.90 Å². The Bertz CT molecular complexity index is 531. The minimum atomic E-state index is -1.10. The monoisotopic (exact) mass is 280 g/mol. The average molecular weight is 280 g/mol. The van der Waals surface area contributed by atoms with Crippen molar-refractivity contribution < 1.29 is 24.5 Å². The van der Waals surface area contributed by atoms with Gasteiger partial charge >= 0.3 is 12.0 Å². The number of anilines is 1. The molecule has 1 aliphatic heterocycles. The molecular weight excluding hydrogens is 264 g/mol. The summed E-state index contributed by atoms with van der Waals surface area (Å²) >= 11 is 0. The molecule has 0 unspecified atom stereocenters. The van der Waals surface area contributed by atoms with Crippen molar-refractivity contribution in [2.45, 2.75) is 0 Å². The highest BCUT2D eigenvalue weighted by Gasteiger charge is 2.28. The van der Waals surface area contributed by atoms with E-state index in [4.69, 9.17) is 14.9 Å². The van der Waals surface area contributed by atoms with E-state index in [1.54, 1.807) is 19.2 Å². The molecule has 1 aliphatic rings. The molecule has 0 saturated carbocycles. The number of ether oxygens (including phenoxy) is 1. The second kappa shape index (κ2) is 5.79. The predicted molar refractivity (Wildman–Crippen MR) is 71.4 cm³/mol. The van der Waals surface area contributed by atoms with E-state index < -0.39 is 5.97 Å². The number of para-hydroxylation sites is 1. The fourth-order valence-electron chi connectivity index (χ4n) is 2.07. The number of carboxylic acids is 1. The Morgan fingerprint density at radius 3 is 2.85 bits per heavy atom. The second-order valence-electron chi connectivity index (χ2n) is 4.39. The molecule has 2 N–H and O–H groups in total. The van der Waals surface area contributed by atoms with Gasteiger partial charge in [-0.25, -0.2) is 9.59 Å². The standard InChI is InChI=1S/C13H16N2O5/c1-14(5-7-16)13(19)15-6-8-20-11-9(12(17)18)3-2-4-10(11)15/h2-4,16H,5-8H2,1H3,(H,17,18). The molecule has 0 spiro atoms. The first-order valence-electron chi connectivity index (χ1n) is 6.19. The molecule has 0 radical (unpaired) electrons. The van der Waals surface area contributed by atoms with Gasteiger partial charge in [-0.2, -0.15) is 0 Å². The first-order valence-corrected chi connectivity index (χ1v) is 6.19. The van der Waals surface area contributed by atoms with Crippen LogP contribution in [0.3, 0.4) is 0 Å². The molecule has 1 aromatic rings. The second-order valence-corrected chi connectivity index (χ2v) is 4.39. The number of carboxylic acid groups (broad SMARTS) is 1. The Balaban J connectivity index is 2.36. The van der Waals surface area contributed by atoms with Crippen LogP contribution in [0.2, 0.25) is 0 Å². The molecule has 0 saturated heterocycles. The third-order valence-electron chi connectivity index (χ3n) is 3.07. The number of amides is 2. The van der Waals surface area contributed by atoms with E-state index in [9.17, 15) is 9.59 Å². The van der Waals surface area contributed by atoms with E-state index in [1.807, 2.05) is 0 Å². The number of carbonyl (C=O) groups is 2. The number of benzene rings is 1. The van der Waals surface area contributed by atoms with Gasteiger partial charge in [-0.05, 0) is 12.1 Å². The Morgan fingerprint density at radius 1 is 1.45 bits per heavy atom. The summed E-state index contributed by atoms with van der Waals surface area (Å²) in [7, 11) is 1.58.